The summed E-state index contributed by atoms with van der Waals surface area (Å²) in [7, 11) is 0. The SMILES string of the molecule is CCCC1CCCCN1c1cccc(C(N)=S)n1. The van der Waals surface area contributed by atoms with E-state index < -0.39 is 0 Å². The van der Waals surface area contributed by atoms with Gasteiger partial charge in [0.15, 0.2) is 0 Å². The van der Waals surface area contributed by atoms with E-state index in [1.165, 1.54) is 32.1 Å². The fourth-order valence-corrected chi connectivity index (χ4v) is 2.77. The van der Waals surface area contributed by atoms with Gasteiger partial charge in [0.25, 0.3) is 0 Å². The van der Waals surface area contributed by atoms with Crippen LogP contribution in [-0.4, -0.2) is 22.6 Å². The molecule has 18 heavy (non-hydrogen) atoms. The van der Waals surface area contributed by atoms with Crippen LogP contribution in [0.3, 0.4) is 0 Å². The molecule has 1 unspecified atom stereocenters. The summed E-state index contributed by atoms with van der Waals surface area (Å²) in [4.78, 5) is 7.39. The van der Waals surface area contributed by atoms with Gasteiger partial charge in [0.1, 0.15) is 10.8 Å². The van der Waals surface area contributed by atoms with Gasteiger partial charge < -0.3 is 10.6 Å². The Kier molecular flexibility index (Phi) is 4.53. The van der Waals surface area contributed by atoms with Crippen LogP contribution in [0.1, 0.15) is 44.7 Å². The van der Waals surface area contributed by atoms with Crippen molar-refractivity contribution < 1.29 is 0 Å². The van der Waals surface area contributed by atoms with E-state index in [4.69, 9.17) is 18.0 Å². The highest BCUT2D eigenvalue weighted by atomic mass is 32.1. The third-order valence-electron chi connectivity index (χ3n) is 3.53. The Balaban J connectivity index is 2.22. The normalized spacial score (nSPS) is 19.8. The maximum absolute atomic E-state index is 5.66. The summed E-state index contributed by atoms with van der Waals surface area (Å²) in [6.45, 7) is 3.34. The first kappa shape index (κ1) is 13.3. The molecule has 0 aliphatic carbocycles. The summed E-state index contributed by atoms with van der Waals surface area (Å²) in [5.41, 5.74) is 6.38. The minimum Gasteiger partial charge on any atom is -0.388 e. The van der Waals surface area contributed by atoms with Crippen molar-refractivity contribution in [2.75, 3.05) is 11.4 Å². The molecule has 0 bridgehead atoms. The summed E-state index contributed by atoms with van der Waals surface area (Å²) in [6.07, 6.45) is 6.30. The highest BCUT2D eigenvalue weighted by Crippen LogP contribution is 2.25. The monoisotopic (exact) mass is 263 g/mol. The lowest BCUT2D eigenvalue weighted by molar-refractivity contribution is 0.432. The van der Waals surface area contributed by atoms with Crippen molar-refractivity contribution >= 4 is 23.0 Å². The van der Waals surface area contributed by atoms with Crippen molar-refractivity contribution in [3.8, 4) is 0 Å². The van der Waals surface area contributed by atoms with Gasteiger partial charge in [-0.1, -0.05) is 31.6 Å². The predicted molar refractivity (Wildman–Crippen MR) is 80.0 cm³/mol. The van der Waals surface area contributed by atoms with Gasteiger partial charge in [0.05, 0.1) is 5.69 Å². The Bertz CT molecular complexity index is 417. The fourth-order valence-electron chi connectivity index (χ4n) is 2.66. The third kappa shape index (κ3) is 2.99. The van der Waals surface area contributed by atoms with E-state index in [9.17, 15) is 0 Å². The first-order chi connectivity index (χ1) is 8.72. The Morgan fingerprint density at radius 3 is 3.06 bits per heavy atom. The van der Waals surface area contributed by atoms with Gasteiger partial charge in [-0.3, -0.25) is 0 Å². The Morgan fingerprint density at radius 2 is 2.33 bits per heavy atom. The van der Waals surface area contributed by atoms with Crippen LogP contribution in [0.5, 0.6) is 0 Å². The van der Waals surface area contributed by atoms with Crippen molar-refractivity contribution in [3.63, 3.8) is 0 Å². The zero-order valence-corrected chi connectivity index (χ0v) is 11.7. The summed E-state index contributed by atoms with van der Waals surface area (Å²) in [5.74, 6) is 1.03. The van der Waals surface area contributed by atoms with Gasteiger partial charge in [0, 0.05) is 12.6 Å². The molecule has 1 atom stereocenters. The maximum Gasteiger partial charge on any atom is 0.129 e. The summed E-state index contributed by atoms with van der Waals surface area (Å²) < 4.78 is 0. The van der Waals surface area contributed by atoms with E-state index in [1.807, 2.05) is 12.1 Å². The second-order valence-electron chi connectivity index (χ2n) is 4.88. The van der Waals surface area contributed by atoms with Crippen LogP contribution in [0.15, 0.2) is 18.2 Å². The van der Waals surface area contributed by atoms with Gasteiger partial charge >= 0.3 is 0 Å². The molecule has 0 amide bonds. The van der Waals surface area contributed by atoms with Crippen LogP contribution in [0.25, 0.3) is 0 Å². The van der Waals surface area contributed by atoms with E-state index in [0.29, 0.717) is 11.0 Å². The first-order valence-electron chi connectivity index (χ1n) is 6.76. The van der Waals surface area contributed by atoms with Gasteiger partial charge in [-0.15, -0.1) is 0 Å². The Morgan fingerprint density at radius 1 is 1.50 bits per heavy atom. The summed E-state index contributed by atoms with van der Waals surface area (Å²) >= 11 is 5.00. The van der Waals surface area contributed by atoms with Crippen molar-refractivity contribution in [2.45, 2.75) is 45.1 Å². The number of nitrogens with zero attached hydrogens (tertiary/aromatic N) is 2. The van der Waals surface area contributed by atoms with Crippen molar-refractivity contribution in [3.05, 3.63) is 23.9 Å². The summed E-state index contributed by atoms with van der Waals surface area (Å²) in [6, 6.07) is 6.56. The summed E-state index contributed by atoms with van der Waals surface area (Å²) in [5, 5.41) is 0. The van der Waals surface area contributed by atoms with Gasteiger partial charge in [0.2, 0.25) is 0 Å². The molecular formula is C14H21N3S. The highest BCUT2D eigenvalue weighted by molar-refractivity contribution is 7.80. The van der Waals surface area contributed by atoms with Crippen LogP contribution < -0.4 is 10.6 Å². The average molecular weight is 263 g/mol. The fraction of sp³-hybridized carbons (Fsp3) is 0.571. The lowest BCUT2D eigenvalue weighted by Crippen LogP contribution is -2.40. The van der Waals surface area contributed by atoms with E-state index in [2.05, 4.69) is 22.9 Å². The molecule has 1 fully saturated rings. The van der Waals surface area contributed by atoms with Crippen LogP contribution in [0, 0.1) is 0 Å². The van der Waals surface area contributed by atoms with E-state index in [-0.39, 0.29) is 0 Å². The second kappa shape index (κ2) is 6.14. The molecule has 2 rings (SSSR count). The van der Waals surface area contributed by atoms with Crippen molar-refractivity contribution in [1.29, 1.82) is 0 Å². The zero-order chi connectivity index (χ0) is 13.0. The Hall–Kier alpha value is -1.16. The van der Waals surface area contributed by atoms with Gasteiger partial charge in [-0.2, -0.15) is 0 Å². The molecule has 0 aromatic carbocycles. The molecule has 0 spiro atoms. The molecular weight excluding hydrogens is 242 g/mol. The predicted octanol–water partition coefficient (Wildman–Crippen LogP) is 2.87. The van der Waals surface area contributed by atoms with Gasteiger partial charge in [-0.05, 0) is 37.8 Å². The molecule has 1 saturated heterocycles. The molecule has 0 saturated carbocycles. The molecule has 1 aliphatic rings. The van der Waals surface area contributed by atoms with Crippen molar-refractivity contribution in [1.82, 2.24) is 4.98 Å². The molecule has 1 aliphatic heterocycles. The number of hydrogen-bond acceptors (Lipinski definition) is 3. The van der Waals surface area contributed by atoms with Crippen LogP contribution in [-0.2, 0) is 0 Å². The molecule has 4 heteroatoms. The number of rotatable bonds is 4. The van der Waals surface area contributed by atoms with Gasteiger partial charge in [-0.25, -0.2) is 4.98 Å². The number of pyridine rings is 1. The second-order valence-corrected chi connectivity index (χ2v) is 5.32. The van der Waals surface area contributed by atoms with E-state index >= 15 is 0 Å². The Labute approximate surface area is 114 Å². The number of aromatic nitrogens is 1. The smallest absolute Gasteiger partial charge is 0.129 e. The topological polar surface area (TPSA) is 42.1 Å². The van der Waals surface area contributed by atoms with Crippen molar-refractivity contribution in [2.24, 2.45) is 5.73 Å². The first-order valence-corrected chi connectivity index (χ1v) is 7.16. The zero-order valence-electron chi connectivity index (χ0n) is 10.9. The largest absolute Gasteiger partial charge is 0.388 e. The van der Waals surface area contributed by atoms with Crippen LogP contribution >= 0.6 is 12.2 Å². The third-order valence-corrected chi connectivity index (χ3v) is 3.74. The number of nitrogens with two attached hydrogens (primary N) is 1. The van der Waals surface area contributed by atoms with Crippen LogP contribution in [0.2, 0.25) is 0 Å². The molecule has 98 valence electrons. The quantitative estimate of drug-likeness (QED) is 0.848. The molecule has 2 heterocycles. The molecule has 0 radical (unpaired) electrons. The highest BCUT2D eigenvalue weighted by Gasteiger charge is 2.22. The van der Waals surface area contributed by atoms with E-state index in [0.717, 1.165) is 18.1 Å². The standard InChI is InChI=1S/C14H21N3S/c1-2-6-11-7-3-4-10-17(11)13-9-5-8-12(16-13)14(15)18/h5,8-9,11H,2-4,6-7,10H2,1H3,(H2,15,18). The average Bonchev–Trinajstić information content (AvgIpc) is 2.40. The molecule has 2 N–H and O–H groups in total. The lowest BCUT2D eigenvalue weighted by atomic mass is 9.98. The number of hydrogen-bond donors (Lipinski definition) is 1. The van der Waals surface area contributed by atoms with E-state index in [1.54, 1.807) is 0 Å². The molecule has 1 aromatic heterocycles. The number of anilines is 1. The minimum absolute atomic E-state index is 0.376. The minimum atomic E-state index is 0.376. The lowest BCUT2D eigenvalue weighted by Gasteiger charge is -2.36. The van der Waals surface area contributed by atoms with Crippen LogP contribution in [0.4, 0.5) is 5.82 Å². The molecule has 1 aromatic rings. The maximum atomic E-state index is 5.66. The number of piperidine rings is 1. The number of thiocarbonyl (C=S) groups is 1. The molecule has 3 nitrogen and oxygen atoms in total.